The third kappa shape index (κ3) is 4.76. The maximum absolute atomic E-state index is 12.5. The molecule has 0 aromatic heterocycles. The molecule has 1 atom stereocenters. The minimum Gasteiger partial charge on any atom is -0.480 e. The maximum atomic E-state index is 12.5. The van der Waals surface area contributed by atoms with E-state index in [1.54, 1.807) is 18.2 Å². The maximum Gasteiger partial charge on any atom is 0.341 e. The molecule has 0 bridgehead atoms. The lowest BCUT2D eigenvalue weighted by Crippen LogP contribution is -2.36. The van der Waals surface area contributed by atoms with E-state index in [-0.39, 0.29) is 17.2 Å². The second kappa shape index (κ2) is 8.54. The number of nitrogens with zero attached hydrogens (tertiary/aromatic N) is 1. The third-order valence-electron chi connectivity index (χ3n) is 3.52. The van der Waals surface area contributed by atoms with Gasteiger partial charge in [0, 0.05) is 15.2 Å². The molecule has 25 heavy (non-hydrogen) atoms. The number of halogens is 2. The minimum absolute atomic E-state index is 0.177. The van der Waals surface area contributed by atoms with Crippen LogP contribution in [-0.4, -0.2) is 39.8 Å². The molecular weight excluding hydrogens is 525 g/mol. The number of carbonyl (C=O) groups excluding carboxylic acids is 2. The van der Waals surface area contributed by atoms with Gasteiger partial charge < -0.3 is 9.84 Å². The van der Waals surface area contributed by atoms with Crippen molar-refractivity contribution >= 4 is 73.5 Å². The summed E-state index contributed by atoms with van der Waals surface area (Å²) < 4.78 is 6.79. The number of amides is 2. The number of carboxylic acid groups (broad SMARTS) is 1. The number of carbonyl (C=O) groups is 3. The lowest BCUT2D eigenvalue weighted by Gasteiger charge is -2.19. The Balaban J connectivity index is 2.41. The summed E-state index contributed by atoms with van der Waals surface area (Å²) in [5.74, 6) is -1.13. The Labute approximate surface area is 171 Å². The molecule has 9 heteroatoms. The lowest BCUT2D eigenvalue weighted by atomic mass is 10.1. The Morgan fingerprint density at radius 3 is 2.76 bits per heavy atom. The van der Waals surface area contributed by atoms with E-state index in [1.165, 1.54) is 4.90 Å². The van der Waals surface area contributed by atoms with Crippen LogP contribution >= 0.6 is 50.3 Å². The topological polar surface area (TPSA) is 83.9 Å². The Morgan fingerprint density at radius 1 is 1.48 bits per heavy atom. The first-order valence-electron chi connectivity index (χ1n) is 7.35. The lowest BCUT2D eigenvalue weighted by molar-refractivity contribution is -0.139. The summed E-state index contributed by atoms with van der Waals surface area (Å²) >= 11 is 6.33. The first-order valence-corrected chi connectivity index (χ1v) is 10.0. The summed E-state index contributed by atoms with van der Waals surface area (Å²) in [6, 6.07) is 3.36. The number of imide groups is 1. The number of rotatable bonds is 6. The van der Waals surface area contributed by atoms with Crippen molar-refractivity contribution in [2.75, 3.05) is 6.61 Å². The molecule has 1 saturated heterocycles. The quantitative estimate of drug-likeness (QED) is 0.427. The molecule has 6 nitrogen and oxygen atoms in total. The highest BCUT2D eigenvalue weighted by Crippen LogP contribution is 2.38. The molecule has 1 aromatic rings. The van der Waals surface area contributed by atoms with Crippen LogP contribution in [0.3, 0.4) is 0 Å². The molecule has 1 heterocycles. The summed E-state index contributed by atoms with van der Waals surface area (Å²) in [6.07, 6.45) is 2.24. The predicted molar refractivity (Wildman–Crippen MR) is 108 cm³/mol. The summed E-state index contributed by atoms with van der Waals surface area (Å²) in [7, 11) is 0. The van der Waals surface area contributed by atoms with Gasteiger partial charge in [0.2, 0.25) is 0 Å². The Kier molecular flexibility index (Phi) is 6.92. The van der Waals surface area contributed by atoms with Crippen molar-refractivity contribution in [3.05, 3.63) is 30.6 Å². The molecule has 1 aromatic carbocycles. The number of thioether (sulfide) groups is 1. The number of hydrogen-bond acceptors (Lipinski definition) is 5. The van der Waals surface area contributed by atoms with E-state index in [1.807, 2.05) is 13.8 Å². The first-order chi connectivity index (χ1) is 11.7. The Hall–Kier alpha value is -1.07. The van der Waals surface area contributed by atoms with E-state index in [9.17, 15) is 14.4 Å². The number of hydrogen-bond donors (Lipinski definition) is 1. The van der Waals surface area contributed by atoms with Crippen molar-refractivity contribution in [1.29, 1.82) is 0 Å². The van der Waals surface area contributed by atoms with Crippen LogP contribution in [0.25, 0.3) is 6.08 Å². The average Bonchev–Trinajstić information content (AvgIpc) is 2.79. The molecule has 134 valence electrons. The molecular formula is C16H15BrINO5S. The van der Waals surface area contributed by atoms with Gasteiger partial charge >= 0.3 is 5.97 Å². The fraction of sp³-hybridized carbons (Fsp3) is 0.312. The molecule has 1 aliphatic heterocycles. The van der Waals surface area contributed by atoms with Crippen LogP contribution < -0.4 is 4.74 Å². The van der Waals surface area contributed by atoms with Gasteiger partial charge in [0.05, 0.1) is 9.38 Å². The normalized spacial score (nSPS) is 17.3. The molecule has 2 rings (SSSR count). The zero-order chi connectivity index (χ0) is 18.7. The highest BCUT2D eigenvalue weighted by molar-refractivity contribution is 14.1. The number of ether oxygens (including phenoxy) is 1. The zero-order valence-electron chi connectivity index (χ0n) is 13.4. The average molecular weight is 540 g/mol. The summed E-state index contributed by atoms with van der Waals surface area (Å²) in [4.78, 5) is 37.0. The monoisotopic (exact) mass is 539 g/mol. The van der Waals surface area contributed by atoms with Crippen LogP contribution in [-0.2, 0) is 9.59 Å². The number of benzene rings is 1. The van der Waals surface area contributed by atoms with Gasteiger partial charge in [-0.25, -0.2) is 4.79 Å². The van der Waals surface area contributed by atoms with Gasteiger partial charge in [-0.1, -0.05) is 6.92 Å². The Morgan fingerprint density at radius 2 is 2.16 bits per heavy atom. The first kappa shape index (κ1) is 20.2. The standard InChI is InChI=1S/C16H15BrINO5S/c1-3-8(2)19-15(22)12(25-16(19)23)5-9-4-10(18)6-11(17)14(9)24-7-13(20)21/h4-6,8H,3,7H2,1-2H3,(H,20,21)/b12-5+/t8-/m1/s1. The second-order valence-corrected chi connectivity index (χ2v) is 8.39. The molecule has 1 N–H and O–H groups in total. The summed E-state index contributed by atoms with van der Waals surface area (Å²) in [5.41, 5.74) is 0.537. The second-order valence-electron chi connectivity index (χ2n) is 5.30. The fourth-order valence-corrected chi connectivity index (χ4v) is 4.74. The van der Waals surface area contributed by atoms with Gasteiger partial charge in [0.1, 0.15) is 5.75 Å². The van der Waals surface area contributed by atoms with Crippen LogP contribution in [0.2, 0.25) is 0 Å². The van der Waals surface area contributed by atoms with E-state index in [0.717, 1.165) is 15.3 Å². The summed E-state index contributed by atoms with van der Waals surface area (Å²) in [5, 5.41) is 8.53. The van der Waals surface area contributed by atoms with Gasteiger partial charge in [-0.15, -0.1) is 0 Å². The van der Waals surface area contributed by atoms with Crippen LogP contribution in [0, 0.1) is 3.57 Å². The van der Waals surface area contributed by atoms with E-state index < -0.39 is 12.6 Å². The van der Waals surface area contributed by atoms with Gasteiger partial charge in [0.25, 0.3) is 11.1 Å². The third-order valence-corrected chi connectivity index (χ3v) is 5.61. The SMILES string of the molecule is CC[C@@H](C)N1C(=O)S/C(=C/c2cc(I)cc(Br)c2OCC(=O)O)C1=O. The fourth-order valence-electron chi connectivity index (χ4n) is 2.16. The molecule has 0 saturated carbocycles. The molecule has 0 spiro atoms. The van der Waals surface area contributed by atoms with E-state index in [4.69, 9.17) is 9.84 Å². The highest BCUT2D eigenvalue weighted by Gasteiger charge is 2.37. The summed E-state index contributed by atoms with van der Waals surface area (Å²) in [6.45, 7) is 3.23. The van der Waals surface area contributed by atoms with Gasteiger partial charge in [0.15, 0.2) is 6.61 Å². The van der Waals surface area contributed by atoms with Crippen LogP contribution in [0.15, 0.2) is 21.5 Å². The van der Waals surface area contributed by atoms with E-state index in [2.05, 4.69) is 38.5 Å². The number of carboxylic acids is 1. The minimum atomic E-state index is -1.10. The van der Waals surface area contributed by atoms with Crippen molar-refractivity contribution < 1.29 is 24.2 Å². The molecule has 0 radical (unpaired) electrons. The van der Waals surface area contributed by atoms with Gasteiger partial charge in [-0.05, 0) is 81.8 Å². The largest absolute Gasteiger partial charge is 0.480 e. The predicted octanol–water partition coefficient (Wildman–Crippen LogP) is 4.35. The van der Waals surface area contributed by atoms with Crippen LogP contribution in [0.4, 0.5) is 4.79 Å². The Bertz CT molecular complexity index is 767. The van der Waals surface area contributed by atoms with E-state index >= 15 is 0 Å². The van der Waals surface area contributed by atoms with Crippen LogP contribution in [0.5, 0.6) is 5.75 Å². The molecule has 2 amide bonds. The molecule has 0 aliphatic carbocycles. The molecule has 1 aliphatic rings. The molecule has 0 unspecified atom stereocenters. The van der Waals surface area contributed by atoms with Gasteiger partial charge in [-0.2, -0.15) is 0 Å². The molecule has 1 fully saturated rings. The van der Waals surface area contributed by atoms with Crippen molar-refractivity contribution in [3.63, 3.8) is 0 Å². The van der Waals surface area contributed by atoms with Crippen LogP contribution in [0.1, 0.15) is 25.8 Å². The zero-order valence-corrected chi connectivity index (χ0v) is 18.0. The van der Waals surface area contributed by atoms with Crippen molar-refractivity contribution in [3.8, 4) is 5.75 Å². The van der Waals surface area contributed by atoms with Crippen molar-refractivity contribution in [2.45, 2.75) is 26.3 Å². The van der Waals surface area contributed by atoms with Crippen molar-refractivity contribution in [1.82, 2.24) is 4.90 Å². The van der Waals surface area contributed by atoms with Gasteiger partial charge in [-0.3, -0.25) is 14.5 Å². The smallest absolute Gasteiger partial charge is 0.341 e. The van der Waals surface area contributed by atoms with Crippen molar-refractivity contribution in [2.24, 2.45) is 0 Å². The van der Waals surface area contributed by atoms with E-state index in [0.29, 0.717) is 27.1 Å². The highest BCUT2D eigenvalue weighted by atomic mass is 127. The number of aliphatic carboxylic acids is 1.